The third-order valence-electron chi connectivity index (χ3n) is 1.73. The fraction of sp³-hybridized carbons (Fsp3) is 0. The summed E-state index contributed by atoms with van der Waals surface area (Å²) in [4.78, 5) is 3.04. The van der Waals surface area contributed by atoms with Gasteiger partial charge in [0.2, 0.25) is 0 Å². The van der Waals surface area contributed by atoms with Gasteiger partial charge in [0, 0.05) is 10.9 Å². The van der Waals surface area contributed by atoms with Crippen molar-refractivity contribution >= 4 is 28.1 Å². The van der Waals surface area contributed by atoms with Gasteiger partial charge in [-0.1, -0.05) is 35.1 Å². The lowest BCUT2D eigenvalue weighted by atomic mass is 10.2. The van der Waals surface area contributed by atoms with E-state index in [1.165, 1.54) is 11.3 Å². The van der Waals surface area contributed by atoms with E-state index >= 15 is 0 Å². The first-order valence-electron chi connectivity index (χ1n) is 3.78. The van der Waals surface area contributed by atoms with Crippen LogP contribution in [0.5, 0.6) is 0 Å². The molecule has 0 aliphatic heterocycles. The SMILES string of the molecule is Nc1[nH+]c(-c2ccccc2Cl)cs1. The number of thiazole rings is 1. The molecule has 13 heavy (non-hydrogen) atoms. The molecule has 0 saturated carbocycles. The van der Waals surface area contributed by atoms with Crippen LogP contribution < -0.4 is 10.7 Å². The Bertz CT molecular complexity index is 425. The van der Waals surface area contributed by atoms with E-state index in [0.29, 0.717) is 5.13 Å². The molecule has 0 bridgehead atoms. The Balaban J connectivity index is 2.52. The Morgan fingerprint density at radius 2 is 2.08 bits per heavy atom. The molecule has 0 fully saturated rings. The molecule has 3 N–H and O–H groups in total. The molecule has 66 valence electrons. The van der Waals surface area contributed by atoms with Crippen LogP contribution >= 0.6 is 22.9 Å². The predicted molar refractivity (Wildman–Crippen MR) is 55.7 cm³/mol. The number of nitrogen functional groups attached to an aromatic ring is 1. The lowest BCUT2D eigenvalue weighted by Crippen LogP contribution is -2.06. The standard InChI is InChI=1S/C9H7ClN2S/c10-7-4-2-1-3-6(7)8-5-13-9(11)12-8/h1-5H,(H2,11,12)/p+1. The molecule has 0 aliphatic rings. The quantitative estimate of drug-likeness (QED) is 0.774. The fourth-order valence-electron chi connectivity index (χ4n) is 1.12. The number of rotatable bonds is 1. The molecule has 0 spiro atoms. The first kappa shape index (κ1) is 8.53. The van der Waals surface area contributed by atoms with E-state index in [0.717, 1.165) is 16.3 Å². The van der Waals surface area contributed by atoms with Gasteiger partial charge < -0.3 is 0 Å². The number of benzene rings is 1. The van der Waals surface area contributed by atoms with Gasteiger partial charge in [0.05, 0.1) is 5.02 Å². The molecule has 0 amide bonds. The van der Waals surface area contributed by atoms with Crippen LogP contribution in [0, 0.1) is 0 Å². The first-order valence-corrected chi connectivity index (χ1v) is 5.04. The number of halogens is 1. The second-order valence-corrected chi connectivity index (χ2v) is 3.94. The number of aromatic amines is 1. The van der Waals surface area contributed by atoms with Crippen molar-refractivity contribution in [1.82, 2.24) is 0 Å². The van der Waals surface area contributed by atoms with Crippen molar-refractivity contribution < 1.29 is 4.98 Å². The second kappa shape index (κ2) is 3.36. The zero-order valence-electron chi connectivity index (χ0n) is 6.75. The van der Waals surface area contributed by atoms with Crippen LogP contribution in [0.2, 0.25) is 5.02 Å². The molecule has 0 radical (unpaired) electrons. The highest BCUT2D eigenvalue weighted by atomic mass is 35.5. The van der Waals surface area contributed by atoms with Crippen LogP contribution in [-0.2, 0) is 0 Å². The monoisotopic (exact) mass is 211 g/mol. The highest BCUT2D eigenvalue weighted by Gasteiger charge is 2.08. The van der Waals surface area contributed by atoms with E-state index < -0.39 is 0 Å². The third kappa shape index (κ3) is 1.66. The van der Waals surface area contributed by atoms with Gasteiger partial charge in [-0.15, -0.1) is 0 Å². The van der Waals surface area contributed by atoms with Gasteiger partial charge in [-0.3, -0.25) is 5.73 Å². The van der Waals surface area contributed by atoms with Gasteiger partial charge in [0.25, 0.3) is 0 Å². The molecule has 1 aromatic heterocycles. The van der Waals surface area contributed by atoms with E-state index in [1.54, 1.807) is 0 Å². The van der Waals surface area contributed by atoms with E-state index in [-0.39, 0.29) is 0 Å². The summed E-state index contributed by atoms with van der Waals surface area (Å²) in [5, 5.41) is 3.38. The average Bonchev–Trinajstić information content (AvgIpc) is 2.53. The molecule has 2 aromatic rings. The van der Waals surface area contributed by atoms with Crippen LogP contribution in [0.15, 0.2) is 29.6 Å². The van der Waals surface area contributed by atoms with Crippen molar-refractivity contribution in [2.45, 2.75) is 0 Å². The van der Waals surface area contributed by atoms with Crippen molar-refractivity contribution in [3.63, 3.8) is 0 Å². The molecule has 4 heteroatoms. The van der Waals surface area contributed by atoms with Crippen molar-refractivity contribution in [3.8, 4) is 11.3 Å². The summed E-state index contributed by atoms with van der Waals surface area (Å²) < 4.78 is 0. The van der Waals surface area contributed by atoms with Crippen LogP contribution in [0.1, 0.15) is 0 Å². The molecule has 1 heterocycles. The van der Waals surface area contributed by atoms with Gasteiger partial charge in [-0.05, 0) is 12.1 Å². The molecular weight excluding hydrogens is 204 g/mol. The van der Waals surface area contributed by atoms with Gasteiger partial charge in [0.15, 0.2) is 0 Å². The minimum Gasteiger partial charge on any atom is -0.278 e. The van der Waals surface area contributed by atoms with Crippen molar-refractivity contribution in [2.75, 3.05) is 5.73 Å². The van der Waals surface area contributed by atoms with Crippen LogP contribution in [0.3, 0.4) is 0 Å². The normalized spacial score (nSPS) is 10.2. The van der Waals surface area contributed by atoms with Gasteiger partial charge in [0.1, 0.15) is 5.69 Å². The van der Waals surface area contributed by atoms with E-state index in [1.807, 2.05) is 29.6 Å². The maximum atomic E-state index is 6.01. The zero-order chi connectivity index (χ0) is 9.26. The Kier molecular flexibility index (Phi) is 2.20. The number of aromatic nitrogens is 1. The molecule has 0 unspecified atom stereocenters. The fourth-order valence-corrected chi connectivity index (χ4v) is 1.96. The minimum absolute atomic E-state index is 0.690. The van der Waals surface area contributed by atoms with Crippen molar-refractivity contribution in [2.24, 2.45) is 0 Å². The number of nitrogens with one attached hydrogen (secondary N) is 1. The third-order valence-corrected chi connectivity index (χ3v) is 2.76. The molecule has 0 atom stereocenters. The highest BCUT2D eigenvalue weighted by molar-refractivity contribution is 7.13. The van der Waals surface area contributed by atoms with E-state index in [4.69, 9.17) is 17.3 Å². The largest absolute Gasteiger partial charge is 0.329 e. The predicted octanol–water partition coefficient (Wildman–Crippen LogP) is 2.46. The van der Waals surface area contributed by atoms with Gasteiger partial charge >= 0.3 is 5.13 Å². The Morgan fingerprint density at radius 3 is 2.69 bits per heavy atom. The Labute approximate surface area is 85.0 Å². The van der Waals surface area contributed by atoms with Crippen molar-refractivity contribution in [1.29, 1.82) is 0 Å². The molecule has 0 saturated heterocycles. The van der Waals surface area contributed by atoms with Crippen LogP contribution in [0.4, 0.5) is 5.13 Å². The van der Waals surface area contributed by atoms with Crippen LogP contribution in [-0.4, -0.2) is 0 Å². The number of H-pyrrole nitrogens is 1. The van der Waals surface area contributed by atoms with Crippen LogP contribution in [0.25, 0.3) is 11.3 Å². The second-order valence-electron chi connectivity index (χ2n) is 2.62. The van der Waals surface area contributed by atoms with Gasteiger partial charge in [-0.25, -0.2) is 4.98 Å². The van der Waals surface area contributed by atoms with Gasteiger partial charge in [-0.2, -0.15) is 0 Å². The Morgan fingerprint density at radius 1 is 1.31 bits per heavy atom. The van der Waals surface area contributed by atoms with E-state index in [9.17, 15) is 0 Å². The highest BCUT2D eigenvalue weighted by Crippen LogP contribution is 2.26. The minimum atomic E-state index is 0.690. The lowest BCUT2D eigenvalue weighted by Gasteiger charge is -1.96. The molecule has 2 nitrogen and oxygen atoms in total. The maximum absolute atomic E-state index is 6.01. The summed E-state index contributed by atoms with van der Waals surface area (Å²) in [6, 6.07) is 7.67. The zero-order valence-corrected chi connectivity index (χ0v) is 8.32. The smallest absolute Gasteiger partial charge is 0.278 e. The average molecular weight is 212 g/mol. The summed E-state index contributed by atoms with van der Waals surface area (Å²) in [7, 11) is 0. The number of hydrogen-bond acceptors (Lipinski definition) is 2. The Hall–Kier alpha value is -1.06. The molecule has 2 rings (SSSR count). The topological polar surface area (TPSA) is 40.2 Å². The summed E-state index contributed by atoms with van der Waals surface area (Å²) >= 11 is 7.48. The van der Waals surface area contributed by atoms with E-state index in [2.05, 4.69) is 4.98 Å². The number of hydrogen-bond donors (Lipinski definition) is 1. The first-order chi connectivity index (χ1) is 6.27. The summed E-state index contributed by atoms with van der Waals surface area (Å²) in [5.74, 6) is 0. The molecular formula is C9H8ClN2S+. The summed E-state index contributed by atoms with van der Waals surface area (Å²) in [5.41, 5.74) is 7.54. The lowest BCUT2D eigenvalue weighted by molar-refractivity contribution is -0.340. The summed E-state index contributed by atoms with van der Waals surface area (Å²) in [6.07, 6.45) is 0. The summed E-state index contributed by atoms with van der Waals surface area (Å²) in [6.45, 7) is 0. The number of anilines is 1. The molecule has 1 aromatic carbocycles. The van der Waals surface area contributed by atoms with Crippen molar-refractivity contribution in [3.05, 3.63) is 34.7 Å². The molecule has 0 aliphatic carbocycles. The maximum Gasteiger partial charge on any atom is 0.329 e. The number of nitrogens with two attached hydrogens (primary N) is 1.